The zero-order chi connectivity index (χ0) is 9.42. The Balaban J connectivity index is 2.51. The Bertz CT molecular complexity index is 426. The van der Waals surface area contributed by atoms with Gasteiger partial charge in [-0.15, -0.1) is 0 Å². The van der Waals surface area contributed by atoms with E-state index in [4.69, 9.17) is 0 Å². The highest BCUT2D eigenvalue weighted by molar-refractivity contribution is 5.48. The maximum Gasteiger partial charge on any atom is 0.0995 e. The van der Waals surface area contributed by atoms with Gasteiger partial charge in [-0.1, -0.05) is 5.21 Å². The van der Waals surface area contributed by atoms with Crippen molar-refractivity contribution in [3.8, 4) is 11.4 Å². The number of hydrogen-bond acceptors (Lipinski definition) is 3. The maximum absolute atomic E-state index is 4.10. The third kappa shape index (κ3) is 1.30. The molecule has 2 aromatic heterocycles. The summed E-state index contributed by atoms with van der Waals surface area (Å²) >= 11 is 0. The summed E-state index contributed by atoms with van der Waals surface area (Å²) in [4.78, 5) is 0. The van der Waals surface area contributed by atoms with Gasteiger partial charge in [0.2, 0.25) is 0 Å². The Morgan fingerprint density at radius 1 is 1.46 bits per heavy atom. The molecule has 0 amide bonds. The second kappa shape index (κ2) is 2.65. The molecule has 0 radical (unpaired) electrons. The van der Waals surface area contributed by atoms with Crippen molar-refractivity contribution in [1.29, 1.82) is 0 Å². The third-order valence-corrected chi connectivity index (χ3v) is 1.70. The lowest BCUT2D eigenvalue weighted by molar-refractivity contribution is -0.735. The zero-order valence-corrected chi connectivity index (χ0v) is 7.76. The zero-order valence-electron chi connectivity index (χ0n) is 7.76. The lowest BCUT2D eigenvalue weighted by Gasteiger charge is -1.94. The van der Waals surface area contributed by atoms with Crippen LogP contribution in [0.3, 0.4) is 0 Å². The molecule has 0 unspecified atom stereocenters. The van der Waals surface area contributed by atoms with E-state index in [-0.39, 0.29) is 0 Å². The average molecular weight is 178 g/mol. The Morgan fingerprint density at radius 2 is 2.23 bits per heavy atom. The molecule has 0 saturated heterocycles. The number of nitrogens with zero attached hydrogens (tertiary/aromatic N) is 6. The summed E-state index contributed by atoms with van der Waals surface area (Å²) in [5.41, 5.74) is 1.61. The van der Waals surface area contributed by atoms with Crippen molar-refractivity contribution < 1.29 is 4.68 Å². The van der Waals surface area contributed by atoms with E-state index in [1.54, 1.807) is 14.0 Å². The van der Waals surface area contributed by atoms with Gasteiger partial charge >= 0.3 is 0 Å². The fraction of sp³-hybridized carbons (Fsp3) is 0.429. The summed E-state index contributed by atoms with van der Waals surface area (Å²) in [5, 5.41) is 11.9. The topological polar surface area (TPSA) is 52.4 Å². The monoisotopic (exact) mass is 178 g/mol. The van der Waals surface area contributed by atoms with Crippen molar-refractivity contribution in [2.24, 2.45) is 21.1 Å². The summed E-state index contributed by atoms with van der Waals surface area (Å²) < 4.78 is 4.98. The smallest absolute Gasteiger partial charge is 0.0995 e. The van der Waals surface area contributed by atoms with Crippen LogP contribution in [0.25, 0.3) is 11.4 Å². The van der Waals surface area contributed by atoms with Crippen LogP contribution >= 0.6 is 0 Å². The van der Waals surface area contributed by atoms with Crippen LogP contribution in [0.5, 0.6) is 0 Å². The van der Waals surface area contributed by atoms with Crippen LogP contribution in [0.2, 0.25) is 0 Å². The standard InChI is InChI=1S/C7H10N6/c1-11-4-6(8-9-11)7-5-12(2)10-13(7)3/h4H,1-3H3. The van der Waals surface area contributed by atoms with E-state index in [1.165, 1.54) is 0 Å². The first-order valence-electron chi connectivity index (χ1n) is 3.86. The van der Waals surface area contributed by atoms with Crippen molar-refractivity contribution in [3.63, 3.8) is 0 Å². The molecule has 0 atom stereocenters. The molecular formula is C7H10N6. The van der Waals surface area contributed by atoms with Crippen LogP contribution in [0.4, 0.5) is 0 Å². The van der Waals surface area contributed by atoms with Crippen LogP contribution < -0.4 is 4.68 Å². The van der Waals surface area contributed by atoms with Crippen LogP contribution in [-0.4, -0.2) is 24.9 Å². The van der Waals surface area contributed by atoms with Gasteiger partial charge in [-0.05, 0) is 6.20 Å². The number of rotatable bonds is 1. The second-order valence-corrected chi connectivity index (χ2v) is 2.87. The number of aryl methyl sites for hydroxylation is 3. The molecule has 68 valence electrons. The molecule has 0 saturated carbocycles. The molecule has 0 spiro atoms. The minimum absolute atomic E-state index is 0.776. The second-order valence-electron chi connectivity index (χ2n) is 2.87. The molecule has 13 heavy (non-hydrogen) atoms. The van der Waals surface area contributed by atoms with E-state index in [9.17, 15) is 0 Å². The van der Waals surface area contributed by atoms with Crippen molar-refractivity contribution >= 4 is 0 Å². The van der Waals surface area contributed by atoms with Crippen LogP contribution in [0.1, 0.15) is 0 Å². The van der Waals surface area contributed by atoms with Gasteiger partial charge in [-0.3, -0.25) is 4.68 Å². The Labute approximate surface area is 75.4 Å². The van der Waals surface area contributed by atoms with Gasteiger partial charge in [-0.2, -0.15) is 4.68 Å². The highest BCUT2D eigenvalue weighted by atomic mass is 15.5. The summed E-state index contributed by atoms with van der Waals surface area (Å²) in [6, 6.07) is 0. The first kappa shape index (κ1) is 7.90. The molecule has 0 aliphatic rings. The highest BCUT2D eigenvalue weighted by Gasteiger charge is 2.04. The fourth-order valence-corrected chi connectivity index (χ4v) is 1.17. The van der Waals surface area contributed by atoms with Gasteiger partial charge in [0.1, 0.15) is 0 Å². The molecule has 0 N–H and O–H groups in total. The summed E-state index contributed by atoms with van der Waals surface area (Å²) in [6.45, 7) is 0. The first-order chi connectivity index (χ1) is 6.16. The van der Waals surface area contributed by atoms with Crippen LogP contribution in [-0.2, 0) is 21.1 Å². The Hall–Kier alpha value is -1.72. The van der Waals surface area contributed by atoms with E-state index in [1.807, 2.05) is 27.3 Å². The largest absolute Gasteiger partial charge is 0.274 e. The Morgan fingerprint density at radius 3 is 2.69 bits per heavy atom. The van der Waals surface area contributed by atoms with Crippen molar-refractivity contribution in [1.82, 2.24) is 24.9 Å². The van der Waals surface area contributed by atoms with Crippen LogP contribution in [0.15, 0.2) is 6.20 Å². The van der Waals surface area contributed by atoms with Crippen molar-refractivity contribution in [2.45, 2.75) is 0 Å². The van der Waals surface area contributed by atoms with Gasteiger partial charge in [0.05, 0.1) is 25.0 Å². The van der Waals surface area contributed by atoms with E-state index >= 15 is 0 Å². The molecule has 2 aromatic rings. The summed E-state index contributed by atoms with van der Waals surface area (Å²) in [6.07, 6.45) is 4.85. The van der Waals surface area contributed by atoms with E-state index in [2.05, 4.69) is 21.7 Å². The molecule has 2 rings (SSSR count). The summed E-state index contributed by atoms with van der Waals surface area (Å²) in [7, 11) is 5.49. The van der Waals surface area contributed by atoms with Gasteiger partial charge in [0.25, 0.3) is 0 Å². The molecule has 0 aromatic carbocycles. The fourth-order valence-electron chi connectivity index (χ4n) is 1.17. The SMILES string of the molecule is Cn1cc(-c2[c-][n+](C)nn2C)nn1. The van der Waals surface area contributed by atoms with Crippen molar-refractivity contribution in [2.75, 3.05) is 0 Å². The lowest BCUT2D eigenvalue weighted by Crippen LogP contribution is -2.30. The van der Waals surface area contributed by atoms with Crippen molar-refractivity contribution in [3.05, 3.63) is 12.4 Å². The predicted molar refractivity (Wildman–Crippen MR) is 43.2 cm³/mol. The minimum Gasteiger partial charge on any atom is -0.274 e. The molecule has 0 aliphatic carbocycles. The maximum atomic E-state index is 4.10. The molecule has 6 heteroatoms. The van der Waals surface area contributed by atoms with Crippen LogP contribution in [0, 0.1) is 6.20 Å². The van der Waals surface area contributed by atoms with E-state index in [0.29, 0.717) is 0 Å². The minimum atomic E-state index is 0.776. The third-order valence-electron chi connectivity index (χ3n) is 1.70. The molecule has 0 aliphatic heterocycles. The molecule has 0 bridgehead atoms. The van der Waals surface area contributed by atoms with Gasteiger partial charge in [0, 0.05) is 18.9 Å². The highest BCUT2D eigenvalue weighted by Crippen LogP contribution is 2.10. The molecule has 2 heterocycles. The van der Waals surface area contributed by atoms with Gasteiger partial charge in [-0.25, -0.2) is 9.78 Å². The first-order valence-corrected chi connectivity index (χ1v) is 3.86. The predicted octanol–water partition coefficient (Wildman–Crippen LogP) is -1.16. The van der Waals surface area contributed by atoms with E-state index in [0.717, 1.165) is 11.4 Å². The molecule has 6 nitrogen and oxygen atoms in total. The molecule has 0 fully saturated rings. The summed E-state index contributed by atoms with van der Waals surface area (Å²) in [5.74, 6) is 0. The van der Waals surface area contributed by atoms with Gasteiger partial charge < -0.3 is 0 Å². The number of hydrogen-bond donors (Lipinski definition) is 0. The normalized spacial score (nSPS) is 10.7. The number of aromatic nitrogens is 6. The van der Waals surface area contributed by atoms with E-state index < -0.39 is 0 Å². The average Bonchev–Trinajstić information content (AvgIpc) is 2.58. The lowest BCUT2D eigenvalue weighted by atomic mass is 10.3. The Kier molecular flexibility index (Phi) is 1.61. The quantitative estimate of drug-likeness (QED) is 0.409. The molecular weight excluding hydrogens is 168 g/mol. The van der Waals surface area contributed by atoms with Gasteiger partial charge in [0.15, 0.2) is 0 Å².